The Morgan fingerprint density at radius 1 is 1.25 bits per heavy atom. The minimum Gasteiger partial charge on any atom is -0.351 e. The van der Waals surface area contributed by atoms with Crippen molar-refractivity contribution in [2.75, 3.05) is 11.4 Å². The number of hydrogen-bond acceptors (Lipinski definition) is 2. The van der Waals surface area contributed by atoms with Gasteiger partial charge in [-0.2, -0.15) is 0 Å². The zero-order chi connectivity index (χ0) is 17.1. The first-order valence-corrected chi connectivity index (χ1v) is 7.95. The van der Waals surface area contributed by atoms with Crippen LogP contribution in [0.1, 0.15) is 17.5 Å². The molecule has 0 aromatic heterocycles. The summed E-state index contributed by atoms with van der Waals surface area (Å²) in [5, 5.41) is 2.67. The molecule has 0 bridgehead atoms. The number of amides is 2. The van der Waals surface area contributed by atoms with Gasteiger partial charge in [-0.3, -0.25) is 9.59 Å². The van der Waals surface area contributed by atoms with E-state index in [0.717, 1.165) is 11.3 Å². The summed E-state index contributed by atoms with van der Waals surface area (Å²) in [5.41, 5.74) is 2.28. The quantitative estimate of drug-likeness (QED) is 0.879. The van der Waals surface area contributed by atoms with E-state index >= 15 is 0 Å². The van der Waals surface area contributed by atoms with E-state index < -0.39 is 5.92 Å². The summed E-state index contributed by atoms with van der Waals surface area (Å²) in [7, 11) is 0. The number of nitrogens with one attached hydrogen (secondary N) is 1. The number of nitrogens with zero attached hydrogens (tertiary/aromatic N) is 1. The lowest BCUT2D eigenvalue weighted by molar-refractivity contribution is -0.132. The van der Waals surface area contributed by atoms with Gasteiger partial charge in [0.15, 0.2) is 0 Å². The van der Waals surface area contributed by atoms with Gasteiger partial charge in [0.25, 0.3) is 0 Å². The van der Waals surface area contributed by atoms with Gasteiger partial charge in [-0.05, 0) is 37.1 Å². The highest BCUT2D eigenvalue weighted by atomic mass is 19.1. The number of carbonyl (C=O) groups is 2. The maximum atomic E-state index is 13.6. The van der Waals surface area contributed by atoms with Crippen molar-refractivity contribution in [1.82, 2.24) is 5.32 Å². The molecule has 1 fully saturated rings. The second-order valence-corrected chi connectivity index (χ2v) is 5.98. The summed E-state index contributed by atoms with van der Waals surface area (Å²) >= 11 is 0. The lowest BCUT2D eigenvalue weighted by atomic mass is 10.1. The molecule has 2 amide bonds. The van der Waals surface area contributed by atoms with Gasteiger partial charge >= 0.3 is 0 Å². The third kappa shape index (κ3) is 3.30. The lowest BCUT2D eigenvalue weighted by Crippen LogP contribution is -2.36. The summed E-state index contributed by atoms with van der Waals surface area (Å²) in [5.74, 6) is -1.63. The van der Waals surface area contributed by atoms with Crippen LogP contribution in [0.4, 0.5) is 10.1 Å². The number of anilines is 1. The topological polar surface area (TPSA) is 49.4 Å². The van der Waals surface area contributed by atoms with Crippen LogP contribution in [-0.2, 0) is 16.1 Å². The van der Waals surface area contributed by atoms with Crippen molar-refractivity contribution in [2.45, 2.75) is 19.9 Å². The van der Waals surface area contributed by atoms with E-state index in [9.17, 15) is 14.0 Å². The average Bonchev–Trinajstić information content (AvgIpc) is 2.95. The van der Waals surface area contributed by atoms with Crippen LogP contribution in [0.2, 0.25) is 0 Å². The standard InChI is InChI=1S/C19H19FN2O2/c1-13-5-4-7-15(11-13)22-10-9-16(19(22)24)18(23)21-12-14-6-2-3-8-17(14)20/h2-8,11,16H,9-10,12H2,1H3,(H,21,23). The largest absolute Gasteiger partial charge is 0.351 e. The SMILES string of the molecule is Cc1cccc(N2CCC(C(=O)NCc3ccccc3F)C2=O)c1. The van der Waals surface area contributed by atoms with E-state index in [1.54, 1.807) is 23.1 Å². The van der Waals surface area contributed by atoms with E-state index in [-0.39, 0.29) is 24.2 Å². The minimum absolute atomic E-state index is 0.0831. The number of rotatable bonds is 4. The Hall–Kier alpha value is -2.69. The molecule has 1 heterocycles. The van der Waals surface area contributed by atoms with Gasteiger partial charge < -0.3 is 10.2 Å². The second-order valence-electron chi connectivity index (χ2n) is 5.98. The Bertz CT molecular complexity index is 775. The molecule has 5 heteroatoms. The smallest absolute Gasteiger partial charge is 0.239 e. The molecule has 2 aromatic carbocycles. The van der Waals surface area contributed by atoms with Crippen molar-refractivity contribution in [3.05, 3.63) is 65.5 Å². The van der Waals surface area contributed by atoms with Gasteiger partial charge in [-0.1, -0.05) is 30.3 Å². The van der Waals surface area contributed by atoms with Crippen molar-refractivity contribution < 1.29 is 14.0 Å². The molecule has 1 N–H and O–H groups in total. The average molecular weight is 326 g/mol. The fraction of sp³-hybridized carbons (Fsp3) is 0.263. The van der Waals surface area contributed by atoms with E-state index in [4.69, 9.17) is 0 Å². The minimum atomic E-state index is -0.711. The monoisotopic (exact) mass is 326 g/mol. The van der Waals surface area contributed by atoms with Crippen molar-refractivity contribution in [3.63, 3.8) is 0 Å². The Morgan fingerprint density at radius 2 is 2.04 bits per heavy atom. The molecule has 4 nitrogen and oxygen atoms in total. The van der Waals surface area contributed by atoms with Gasteiger partial charge in [-0.15, -0.1) is 0 Å². The molecule has 0 aliphatic carbocycles. The number of hydrogen-bond donors (Lipinski definition) is 1. The van der Waals surface area contributed by atoms with Crippen molar-refractivity contribution in [1.29, 1.82) is 0 Å². The third-order valence-corrected chi connectivity index (χ3v) is 4.25. The van der Waals surface area contributed by atoms with Crippen molar-refractivity contribution in [2.24, 2.45) is 5.92 Å². The van der Waals surface area contributed by atoms with Gasteiger partial charge in [0, 0.05) is 24.3 Å². The molecule has 0 radical (unpaired) electrons. The van der Waals surface area contributed by atoms with E-state index in [1.165, 1.54) is 6.07 Å². The fourth-order valence-corrected chi connectivity index (χ4v) is 2.92. The number of benzene rings is 2. The first-order chi connectivity index (χ1) is 11.6. The zero-order valence-corrected chi connectivity index (χ0v) is 13.5. The molecule has 1 aliphatic rings. The molecular formula is C19H19FN2O2. The number of halogens is 1. The Morgan fingerprint density at radius 3 is 2.79 bits per heavy atom. The highest BCUT2D eigenvalue weighted by Crippen LogP contribution is 2.26. The lowest BCUT2D eigenvalue weighted by Gasteiger charge is -2.17. The molecular weight excluding hydrogens is 307 g/mol. The number of carbonyl (C=O) groups excluding carboxylic acids is 2. The highest BCUT2D eigenvalue weighted by molar-refractivity contribution is 6.09. The Kier molecular flexibility index (Phi) is 4.60. The van der Waals surface area contributed by atoms with E-state index in [0.29, 0.717) is 18.5 Å². The van der Waals surface area contributed by atoms with E-state index in [2.05, 4.69) is 5.32 Å². The molecule has 124 valence electrons. The van der Waals surface area contributed by atoms with Crippen LogP contribution < -0.4 is 10.2 Å². The Labute approximate surface area is 140 Å². The van der Waals surface area contributed by atoms with Gasteiger partial charge in [0.2, 0.25) is 11.8 Å². The predicted molar refractivity (Wildman–Crippen MR) is 89.9 cm³/mol. The fourth-order valence-electron chi connectivity index (χ4n) is 2.92. The Balaban J connectivity index is 1.64. The molecule has 3 rings (SSSR count). The molecule has 0 saturated carbocycles. The molecule has 0 spiro atoms. The van der Waals surface area contributed by atoms with Crippen molar-refractivity contribution >= 4 is 17.5 Å². The molecule has 24 heavy (non-hydrogen) atoms. The van der Waals surface area contributed by atoms with Gasteiger partial charge in [-0.25, -0.2) is 4.39 Å². The van der Waals surface area contributed by atoms with Crippen LogP contribution in [0.3, 0.4) is 0 Å². The molecule has 1 aliphatic heterocycles. The summed E-state index contributed by atoms with van der Waals surface area (Å²) in [6.45, 7) is 2.56. The first kappa shape index (κ1) is 16.2. The summed E-state index contributed by atoms with van der Waals surface area (Å²) in [6, 6.07) is 13.9. The van der Waals surface area contributed by atoms with Gasteiger partial charge in [0.1, 0.15) is 11.7 Å². The van der Waals surface area contributed by atoms with Crippen LogP contribution in [0.5, 0.6) is 0 Å². The highest BCUT2D eigenvalue weighted by Gasteiger charge is 2.37. The first-order valence-electron chi connectivity index (χ1n) is 7.95. The maximum absolute atomic E-state index is 13.6. The summed E-state index contributed by atoms with van der Waals surface area (Å²) < 4.78 is 13.6. The predicted octanol–water partition coefficient (Wildman–Crippen LogP) is 2.80. The van der Waals surface area contributed by atoms with Crippen LogP contribution in [0, 0.1) is 18.7 Å². The van der Waals surface area contributed by atoms with Gasteiger partial charge in [0.05, 0.1) is 0 Å². The normalized spacial score (nSPS) is 17.2. The van der Waals surface area contributed by atoms with Crippen LogP contribution in [0.15, 0.2) is 48.5 Å². The molecule has 1 saturated heterocycles. The second kappa shape index (κ2) is 6.83. The zero-order valence-electron chi connectivity index (χ0n) is 13.5. The van der Waals surface area contributed by atoms with Crippen LogP contribution in [-0.4, -0.2) is 18.4 Å². The maximum Gasteiger partial charge on any atom is 0.239 e. The number of aryl methyl sites for hydroxylation is 1. The molecule has 1 unspecified atom stereocenters. The summed E-state index contributed by atoms with van der Waals surface area (Å²) in [4.78, 5) is 26.5. The van der Waals surface area contributed by atoms with Crippen LogP contribution >= 0.6 is 0 Å². The van der Waals surface area contributed by atoms with E-state index in [1.807, 2.05) is 31.2 Å². The summed E-state index contributed by atoms with van der Waals surface area (Å²) in [6.07, 6.45) is 0.468. The third-order valence-electron chi connectivity index (χ3n) is 4.25. The van der Waals surface area contributed by atoms with Crippen molar-refractivity contribution in [3.8, 4) is 0 Å². The molecule has 2 aromatic rings. The molecule has 1 atom stereocenters. The van der Waals surface area contributed by atoms with Crippen LogP contribution in [0.25, 0.3) is 0 Å².